The Morgan fingerprint density at radius 1 is 1.50 bits per heavy atom. The molecule has 2 rings (SSSR count). The highest BCUT2D eigenvalue weighted by Crippen LogP contribution is 2.22. The van der Waals surface area contributed by atoms with E-state index >= 15 is 0 Å². The number of aromatic nitrogens is 2. The summed E-state index contributed by atoms with van der Waals surface area (Å²) in [6.07, 6.45) is 1.47. The van der Waals surface area contributed by atoms with Crippen molar-refractivity contribution in [2.75, 3.05) is 0 Å². The topological polar surface area (TPSA) is 66.0 Å². The second kappa shape index (κ2) is 3.86. The van der Waals surface area contributed by atoms with E-state index in [9.17, 15) is 4.79 Å². The zero-order valence-corrected chi connectivity index (χ0v) is 8.39. The molecule has 4 nitrogen and oxygen atoms in total. The quantitative estimate of drug-likeness (QED) is 0.794. The van der Waals surface area contributed by atoms with E-state index in [1.807, 2.05) is 0 Å². The fourth-order valence-electron chi connectivity index (χ4n) is 1.13. The molecular weight excluding hydrogens is 227 g/mol. The third-order valence-electron chi connectivity index (χ3n) is 1.72. The fraction of sp³-hybridized carbons (Fsp3) is 0. The van der Waals surface area contributed by atoms with Crippen LogP contribution in [0, 0.1) is 0 Å². The van der Waals surface area contributed by atoms with E-state index in [2.05, 4.69) is 9.97 Å². The maximum Gasteiger partial charge on any atom is 0.335 e. The van der Waals surface area contributed by atoms with Crippen molar-refractivity contribution in [2.45, 2.75) is 0 Å². The Morgan fingerprint density at radius 2 is 2.21 bits per heavy atom. The van der Waals surface area contributed by atoms with Gasteiger partial charge in [0.2, 0.25) is 0 Å². The second-order valence-electron chi connectivity index (χ2n) is 2.56. The summed E-state index contributed by atoms with van der Waals surface area (Å²) in [5, 5.41) is 9.06. The molecule has 0 saturated carbocycles. The highest BCUT2D eigenvalue weighted by molar-refractivity contribution is 6.35. The van der Waals surface area contributed by atoms with E-state index in [0.717, 1.165) is 0 Å². The summed E-state index contributed by atoms with van der Waals surface area (Å²) in [5.74, 6) is -1.00. The van der Waals surface area contributed by atoms with Gasteiger partial charge in [-0.05, 0) is 12.1 Å². The van der Waals surface area contributed by atoms with Gasteiger partial charge >= 0.3 is 5.97 Å². The lowest BCUT2D eigenvalue weighted by Gasteiger charge is -1.96. The van der Waals surface area contributed by atoms with Gasteiger partial charge in [-0.15, -0.1) is 12.4 Å². The highest BCUT2D eigenvalue weighted by Gasteiger charge is 2.08. The number of aromatic carboxylic acids is 1. The van der Waals surface area contributed by atoms with Crippen molar-refractivity contribution < 1.29 is 9.90 Å². The summed E-state index contributed by atoms with van der Waals surface area (Å²) in [7, 11) is 0. The number of nitrogens with one attached hydrogen (secondary N) is 1. The Labute approximate surface area is 90.3 Å². The van der Waals surface area contributed by atoms with Crippen LogP contribution in [-0.2, 0) is 0 Å². The molecule has 0 spiro atoms. The molecule has 0 unspecified atom stereocenters. The summed E-state index contributed by atoms with van der Waals surface area (Å²) < 4.78 is 0. The Bertz CT molecular complexity index is 481. The van der Waals surface area contributed by atoms with E-state index in [-0.39, 0.29) is 18.0 Å². The molecule has 2 N–H and O–H groups in total. The largest absolute Gasteiger partial charge is 0.478 e. The molecule has 2 aromatic rings. The SMILES string of the molecule is Cl.O=C(O)c1cc(Cl)c2nc[nH]c2c1. The van der Waals surface area contributed by atoms with Crippen LogP contribution in [0.4, 0.5) is 0 Å². The van der Waals surface area contributed by atoms with Crippen LogP contribution in [0.2, 0.25) is 5.02 Å². The molecule has 6 heteroatoms. The third-order valence-corrected chi connectivity index (χ3v) is 2.01. The number of carboxylic acids is 1. The molecule has 0 amide bonds. The van der Waals surface area contributed by atoms with Crippen LogP contribution in [-0.4, -0.2) is 21.0 Å². The van der Waals surface area contributed by atoms with E-state index < -0.39 is 5.97 Å². The van der Waals surface area contributed by atoms with Crippen molar-refractivity contribution in [2.24, 2.45) is 0 Å². The molecule has 1 heterocycles. The number of benzene rings is 1. The summed E-state index contributed by atoms with van der Waals surface area (Å²) in [4.78, 5) is 17.4. The molecule has 74 valence electrons. The third kappa shape index (κ3) is 1.66. The van der Waals surface area contributed by atoms with Crippen LogP contribution in [0.15, 0.2) is 18.5 Å². The Morgan fingerprint density at radius 3 is 2.86 bits per heavy atom. The van der Waals surface area contributed by atoms with Crippen LogP contribution in [0.25, 0.3) is 11.0 Å². The van der Waals surface area contributed by atoms with E-state index in [0.29, 0.717) is 16.1 Å². The normalized spacial score (nSPS) is 9.79. The molecule has 0 aliphatic heterocycles. The molecule has 0 saturated heterocycles. The number of hydrogen-bond acceptors (Lipinski definition) is 2. The first-order valence-electron chi connectivity index (χ1n) is 3.54. The van der Waals surface area contributed by atoms with Gasteiger partial charge in [-0.1, -0.05) is 11.6 Å². The summed E-state index contributed by atoms with van der Waals surface area (Å²) in [5.41, 5.74) is 1.37. The predicted molar refractivity (Wildman–Crippen MR) is 55.3 cm³/mol. The fourth-order valence-corrected chi connectivity index (χ4v) is 1.40. The number of aromatic amines is 1. The molecule has 0 fully saturated rings. The van der Waals surface area contributed by atoms with Gasteiger partial charge in [-0.25, -0.2) is 9.78 Å². The molecule has 0 atom stereocenters. The molecule has 1 aromatic carbocycles. The minimum atomic E-state index is -1.00. The van der Waals surface area contributed by atoms with Crippen molar-refractivity contribution in [1.82, 2.24) is 9.97 Å². The van der Waals surface area contributed by atoms with Crippen molar-refractivity contribution in [3.8, 4) is 0 Å². The number of hydrogen-bond donors (Lipinski definition) is 2. The number of rotatable bonds is 1. The first-order valence-corrected chi connectivity index (χ1v) is 3.92. The van der Waals surface area contributed by atoms with Crippen LogP contribution < -0.4 is 0 Å². The van der Waals surface area contributed by atoms with Crippen LogP contribution in [0.5, 0.6) is 0 Å². The van der Waals surface area contributed by atoms with Crippen molar-refractivity contribution in [3.05, 3.63) is 29.0 Å². The zero-order valence-electron chi connectivity index (χ0n) is 6.82. The van der Waals surface area contributed by atoms with Gasteiger partial charge in [0.05, 0.1) is 22.4 Å². The van der Waals surface area contributed by atoms with E-state index in [4.69, 9.17) is 16.7 Å². The lowest BCUT2D eigenvalue weighted by Crippen LogP contribution is -1.95. The zero-order chi connectivity index (χ0) is 9.42. The van der Waals surface area contributed by atoms with E-state index in [1.165, 1.54) is 18.5 Å². The van der Waals surface area contributed by atoms with Crippen LogP contribution in [0.3, 0.4) is 0 Å². The Kier molecular flexibility index (Phi) is 2.98. The first-order chi connectivity index (χ1) is 6.18. The number of fused-ring (bicyclic) bond motifs is 1. The van der Waals surface area contributed by atoms with Gasteiger partial charge in [0.1, 0.15) is 5.52 Å². The molecule has 14 heavy (non-hydrogen) atoms. The van der Waals surface area contributed by atoms with Crippen LogP contribution in [0.1, 0.15) is 10.4 Å². The average Bonchev–Trinajstić information content (AvgIpc) is 2.51. The lowest BCUT2D eigenvalue weighted by molar-refractivity contribution is 0.0697. The van der Waals surface area contributed by atoms with E-state index in [1.54, 1.807) is 0 Å². The highest BCUT2D eigenvalue weighted by atomic mass is 35.5. The number of halogens is 2. The van der Waals surface area contributed by atoms with Crippen molar-refractivity contribution >= 4 is 41.0 Å². The molecule has 0 aliphatic carbocycles. The minimum absolute atomic E-state index is 0. The molecule has 0 aliphatic rings. The lowest BCUT2D eigenvalue weighted by atomic mass is 10.2. The predicted octanol–water partition coefficient (Wildman–Crippen LogP) is 2.34. The van der Waals surface area contributed by atoms with Gasteiger partial charge in [-0.2, -0.15) is 0 Å². The van der Waals surface area contributed by atoms with Gasteiger partial charge in [0, 0.05) is 0 Å². The molecule has 0 radical (unpaired) electrons. The maximum atomic E-state index is 10.6. The van der Waals surface area contributed by atoms with Crippen molar-refractivity contribution in [3.63, 3.8) is 0 Å². The van der Waals surface area contributed by atoms with Crippen LogP contribution >= 0.6 is 24.0 Å². The second-order valence-corrected chi connectivity index (χ2v) is 2.97. The van der Waals surface area contributed by atoms with Gasteiger partial charge in [-0.3, -0.25) is 0 Å². The number of carbonyl (C=O) groups is 1. The number of carboxylic acid groups (broad SMARTS) is 1. The monoisotopic (exact) mass is 232 g/mol. The summed E-state index contributed by atoms with van der Waals surface area (Å²) in [6, 6.07) is 2.88. The number of imidazole rings is 1. The van der Waals surface area contributed by atoms with Gasteiger partial charge in [0.15, 0.2) is 0 Å². The van der Waals surface area contributed by atoms with Gasteiger partial charge < -0.3 is 10.1 Å². The molecule has 1 aromatic heterocycles. The first kappa shape index (κ1) is 10.8. The average molecular weight is 233 g/mol. The molecular formula is C8H6Cl2N2O2. The smallest absolute Gasteiger partial charge is 0.335 e. The number of nitrogens with zero attached hydrogens (tertiary/aromatic N) is 1. The Hall–Kier alpha value is -1.26. The Balaban J connectivity index is 0.000000980. The van der Waals surface area contributed by atoms with Crippen molar-refractivity contribution in [1.29, 1.82) is 0 Å². The summed E-state index contributed by atoms with van der Waals surface area (Å²) >= 11 is 5.80. The van der Waals surface area contributed by atoms with Gasteiger partial charge in [0.25, 0.3) is 0 Å². The summed E-state index contributed by atoms with van der Waals surface area (Å²) in [6.45, 7) is 0. The standard InChI is InChI=1S/C8H5ClN2O2.ClH/c9-5-1-4(8(12)13)2-6-7(5)11-3-10-6;/h1-3H,(H,10,11)(H,12,13);1H. The minimum Gasteiger partial charge on any atom is -0.478 e. The molecule has 0 bridgehead atoms. The maximum absolute atomic E-state index is 10.6. The number of H-pyrrole nitrogens is 1.